The molecule has 1 atom stereocenters. The molecule has 0 radical (unpaired) electrons. The third kappa shape index (κ3) is 5.61. The normalized spacial score (nSPS) is 21.5. The summed E-state index contributed by atoms with van der Waals surface area (Å²) in [6.45, 7) is 3.82. The summed E-state index contributed by atoms with van der Waals surface area (Å²) in [6, 6.07) is 22.6. The SMILES string of the molecule is Nc1ncnc2c1c(-c1ccc(Oc3ccccc3)cc1)nn2C1CCC2(CC1)CN(C1CN(c3ccc4c(c3)C(=O)N([C@@H]3CCC(=O)NC3=O)C4=O)C1)C2. The molecule has 10 rings (SSSR count). The summed E-state index contributed by atoms with van der Waals surface area (Å²) in [7, 11) is 0. The summed E-state index contributed by atoms with van der Waals surface area (Å²) in [6.07, 6.45) is 5.98. The average molecular weight is 738 g/mol. The standard InChI is InChI=1S/C41H39N9O5/c42-36-34-35(24-6-9-29(10-7-24)55-28-4-2-1-3-5-28)46-50(37(34)44-23-43-36)25-14-16-41(17-15-25)21-48(22-41)27-19-47(20-27)26-8-11-30-31(18-26)40(54)49(39(30)53)32-12-13-33(51)45-38(32)52/h1-11,18,23,25,27,32H,12-17,19-22H2,(H2,42,43,44)(H,45,51,52)/t32-/m1/s1. The highest BCUT2D eigenvalue weighted by molar-refractivity contribution is 6.23. The molecule has 55 heavy (non-hydrogen) atoms. The molecule has 0 unspecified atom stereocenters. The first-order valence-electron chi connectivity index (χ1n) is 18.9. The van der Waals surface area contributed by atoms with Crippen molar-refractivity contribution in [3.8, 4) is 22.8 Å². The quantitative estimate of drug-likeness (QED) is 0.225. The lowest BCUT2D eigenvalue weighted by molar-refractivity contribution is -0.136. The van der Waals surface area contributed by atoms with E-state index in [0.717, 1.165) is 96.2 Å². The molecular weight excluding hydrogens is 699 g/mol. The summed E-state index contributed by atoms with van der Waals surface area (Å²) >= 11 is 0. The van der Waals surface area contributed by atoms with Crippen LogP contribution in [0.5, 0.6) is 11.5 Å². The van der Waals surface area contributed by atoms with Crippen LogP contribution in [0.25, 0.3) is 22.3 Å². The Hall–Kier alpha value is -6.15. The molecule has 3 N–H and O–H groups in total. The molecule has 278 valence electrons. The molecule has 14 nitrogen and oxygen atoms in total. The van der Waals surface area contributed by atoms with Crippen LogP contribution in [0.2, 0.25) is 0 Å². The molecule has 5 aromatic rings. The molecule has 4 fully saturated rings. The minimum atomic E-state index is -0.968. The van der Waals surface area contributed by atoms with Gasteiger partial charge in [0.15, 0.2) is 5.65 Å². The lowest BCUT2D eigenvalue weighted by Gasteiger charge is -2.59. The number of amides is 4. The van der Waals surface area contributed by atoms with Gasteiger partial charge >= 0.3 is 0 Å². The smallest absolute Gasteiger partial charge is 0.262 e. The van der Waals surface area contributed by atoms with Crippen molar-refractivity contribution in [1.29, 1.82) is 0 Å². The number of ether oxygens (including phenoxy) is 1. The fourth-order valence-electron chi connectivity index (χ4n) is 9.16. The molecule has 0 bridgehead atoms. The Morgan fingerprint density at radius 2 is 1.53 bits per heavy atom. The first-order chi connectivity index (χ1) is 26.7. The predicted octanol–water partition coefficient (Wildman–Crippen LogP) is 4.57. The Kier molecular flexibility index (Phi) is 7.73. The van der Waals surface area contributed by atoms with Crippen LogP contribution in [0.15, 0.2) is 79.1 Å². The minimum Gasteiger partial charge on any atom is -0.457 e. The fourth-order valence-corrected chi connectivity index (χ4v) is 9.16. The second kappa shape index (κ2) is 12.7. The number of carbonyl (C=O) groups excluding carboxylic acids is 4. The van der Waals surface area contributed by atoms with Crippen molar-refractivity contribution in [3.05, 3.63) is 90.3 Å². The van der Waals surface area contributed by atoms with E-state index in [0.29, 0.717) is 28.4 Å². The number of hydrogen-bond acceptors (Lipinski definition) is 11. The highest BCUT2D eigenvalue weighted by atomic mass is 16.5. The van der Waals surface area contributed by atoms with E-state index in [1.54, 1.807) is 12.1 Å². The lowest BCUT2D eigenvalue weighted by atomic mass is 9.66. The number of benzene rings is 3. The van der Waals surface area contributed by atoms with E-state index in [1.807, 2.05) is 60.7 Å². The van der Waals surface area contributed by atoms with Gasteiger partial charge in [0, 0.05) is 49.9 Å². The van der Waals surface area contributed by atoms with E-state index in [1.165, 1.54) is 6.33 Å². The number of nitrogens with one attached hydrogen (secondary N) is 1. The van der Waals surface area contributed by atoms with E-state index in [9.17, 15) is 19.2 Å². The van der Waals surface area contributed by atoms with Crippen molar-refractivity contribution in [1.82, 2.24) is 34.9 Å². The molecule has 1 spiro atoms. The van der Waals surface area contributed by atoms with Crippen LogP contribution in [0.4, 0.5) is 11.5 Å². The molecule has 6 heterocycles. The number of nitrogens with zero attached hydrogens (tertiary/aromatic N) is 7. The third-order valence-corrected chi connectivity index (χ3v) is 12.2. The van der Waals surface area contributed by atoms with E-state index in [-0.39, 0.29) is 24.8 Å². The summed E-state index contributed by atoms with van der Waals surface area (Å²) in [5, 5.41) is 8.14. The lowest BCUT2D eigenvalue weighted by Crippen LogP contribution is -2.69. The minimum absolute atomic E-state index is 0.0957. The molecule has 4 aliphatic heterocycles. The van der Waals surface area contributed by atoms with Crippen LogP contribution in [0.1, 0.15) is 65.3 Å². The summed E-state index contributed by atoms with van der Waals surface area (Å²) < 4.78 is 8.07. The predicted molar refractivity (Wildman–Crippen MR) is 202 cm³/mol. The number of hydrogen-bond donors (Lipinski definition) is 2. The van der Waals surface area contributed by atoms with Gasteiger partial charge in [0.1, 0.15) is 35.4 Å². The Balaban J connectivity index is 0.765. The monoisotopic (exact) mass is 737 g/mol. The van der Waals surface area contributed by atoms with Gasteiger partial charge in [-0.25, -0.2) is 14.6 Å². The van der Waals surface area contributed by atoms with Gasteiger partial charge in [-0.15, -0.1) is 0 Å². The number of rotatable bonds is 7. The van der Waals surface area contributed by atoms with Gasteiger partial charge in [-0.1, -0.05) is 18.2 Å². The molecule has 1 saturated carbocycles. The van der Waals surface area contributed by atoms with Crippen LogP contribution in [-0.4, -0.2) is 91.4 Å². The highest BCUT2D eigenvalue weighted by Crippen LogP contribution is 2.49. The van der Waals surface area contributed by atoms with Crippen LogP contribution in [0, 0.1) is 5.41 Å². The van der Waals surface area contributed by atoms with E-state index in [4.69, 9.17) is 15.6 Å². The van der Waals surface area contributed by atoms with Crippen LogP contribution < -0.4 is 20.7 Å². The largest absolute Gasteiger partial charge is 0.457 e. The fraction of sp³-hybridized carbons (Fsp3) is 0.341. The molecule has 4 amide bonds. The topological polar surface area (TPSA) is 169 Å². The van der Waals surface area contributed by atoms with Gasteiger partial charge in [-0.3, -0.25) is 34.3 Å². The number of fused-ring (bicyclic) bond motifs is 2. The number of likely N-dealkylation sites (tertiary alicyclic amines) is 1. The van der Waals surface area contributed by atoms with Crippen molar-refractivity contribution < 1.29 is 23.9 Å². The number of nitrogens with two attached hydrogens (primary N) is 1. The van der Waals surface area contributed by atoms with Crippen molar-refractivity contribution in [2.24, 2.45) is 5.41 Å². The number of para-hydroxylation sites is 1. The van der Waals surface area contributed by atoms with Crippen molar-refractivity contribution >= 4 is 46.2 Å². The van der Waals surface area contributed by atoms with E-state index >= 15 is 0 Å². The Morgan fingerprint density at radius 1 is 0.800 bits per heavy atom. The summed E-state index contributed by atoms with van der Waals surface area (Å²) in [4.78, 5) is 65.3. The van der Waals surface area contributed by atoms with Gasteiger partial charge < -0.3 is 15.4 Å². The zero-order chi connectivity index (χ0) is 37.4. The first kappa shape index (κ1) is 33.4. The van der Waals surface area contributed by atoms with Crippen LogP contribution in [-0.2, 0) is 9.59 Å². The van der Waals surface area contributed by atoms with Crippen molar-refractivity contribution in [2.45, 2.75) is 56.7 Å². The van der Waals surface area contributed by atoms with Crippen LogP contribution >= 0.6 is 0 Å². The molecule has 2 aromatic heterocycles. The molecule has 3 saturated heterocycles. The molecule has 1 aliphatic carbocycles. The Morgan fingerprint density at radius 3 is 2.27 bits per heavy atom. The van der Waals surface area contributed by atoms with Crippen molar-refractivity contribution in [2.75, 3.05) is 36.8 Å². The number of nitrogen functional groups attached to an aromatic ring is 1. The van der Waals surface area contributed by atoms with Gasteiger partial charge in [0.2, 0.25) is 11.8 Å². The van der Waals surface area contributed by atoms with Gasteiger partial charge in [-0.05, 0) is 92.1 Å². The molecule has 3 aromatic carbocycles. The maximum Gasteiger partial charge on any atom is 0.262 e. The second-order valence-corrected chi connectivity index (χ2v) is 15.6. The maximum atomic E-state index is 13.3. The second-order valence-electron chi connectivity index (χ2n) is 15.6. The first-order valence-corrected chi connectivity index (χ1v) is 18.9. The number of imide groups is 2. The molecular formula is C41H39N9O5. The van der Waals surface area contributed by atoms with Crippen molar-refractivity contribution in [3.63, 3.8) is 0 Å². The zero-order valence-electron chi connectivity index (χ0n) is 30.1. The number of piperidine rings is 1. The van der Waals surface area contributed by atoms with E-state index < -0.39 is 23.8 Å². The molecule has 14 heteroatoms. The van der Waals surface area contributed by atoms with Gasteiger partial charge in [-0.2, -0.15) is 5.10 Å². The number of aromatic nitrogens is 4. The maximum absolute atomic E-state index is 13.3. The Labute approximate surface area is 316 Å². The Bertz CT molecular complexity index is 2370. The third-order valence-electron chi connectivity index (χ3n) is 12.2. The molecule has 5 aliphatic rings. The highest BCUT2D eigenvalue weighted by Gasteiger charge is 2.50. The summed E-state index contributed by atoms with van der Waals surface area (Å²) in [5.41, 5.74) is 10.7. The zero-order valence-corrected chi connectivity index (χ0v) is 30.1. The number of carbonyl (C=O) groups is 4. The van der Waals surface area contributed by atoms with E-state index in [2.05, 4.69) is 29.8 Å². The average Bonchev–Trinajstić information content (AvgIpc) is 3.67. The van der Waals surface area contributed by atoms with Crippen LogP contribution in [0.3, 0.4) is 0 Å². The number of anilines is 2. The van der Waals surface area contributed by atoms with Gasteiger partial charge in [0.25, 0.3) is 11.8 Å². The van der Waals surface area contributed by atoms with Gasteiger partial charge in [0.05, 0.1) is 22.6 Å². The summed E-state index contributed by atoms with van der Waals surface area (Å²) in [5.74, 6) is -0.0227.